The van der Waals surface area contributed by atoms with Gasteiger partial charge in [-0.1, -0.05) is 25.0 Å². The highest BCUT2D eigenvalue weighted by Gasteiger charge is 2.36. The molecule has 2 unspecified atom stereocenters. The van der Waals surface area contributed by atoms with Gasteiger partial charge in [-0.25, -0.2) is 13.4 Å². The molecule has 2 atom stereocenters. The Hall–Kier alpha value is -1.93. The number of carbonyl (C=O) groups excluding carboxylic acids is 1. The zero-order valence-corrected chi connectivity index (χ0v) is 17.6. The Balaban J connectivity index is 1.59. The van der Waals surface area contributed by atoms with E-state index >= 15 is 0 Å². The SMILES string of the molecule is CS(=O)(=O)Nc1ccccc1-c1nc(C(=O)N2CCCC3CCCCC32)cs1. The summed E-state index contributed by atoms with van der Waals surface area (Å²) in [5.74, 6) is 0.636. The summed E-state index contributed by atoms with van der Waals surface area (Å²) in [5, 5.41) is 2.44. The number of rotatable bonds is 4. The molecule has 6 nitrogen and oxygen atoms in total. The van der Waals surface area contributed by atoms with Crippen molar-refractivity contribution in [3.05, 3.63) is 35.3 Å². The Bertz CT molecular complexity index is 969. The third kappa shape index (κ3) is 4.07. The number of likely N-dealkylation sites (tertiary alicyclic amines) is 1. The number of amides is 1. The topological polar surface area (TPSA) is 79.4 Å². The van der Waals surface area contributed by atoms with Crippen LogP contribution in [-0.2, 0) is 10.0 Å². The van der Waals surface area contributed by atoms with Gasteiger partial charge in [0.15, 0.2) is 0 Å². The predicted octanol–water partition coefficient (Wildman–Crippen LogP) is 3.98. The number of fused-ring (bicyclic) bond motifs is 1. The molecular formula is C20H25N3O3S2. The maximum atomic E-state index is 13.2. The average molecular weight is 420 g/mol. The van der Waals surface area contributed by atoms with Gasteiger partial charge in [0.25, 0.3) is 5.91 Å². The van der Waals surface area contributed by atoms with Crippen LogP contribution in [0, 0.1) is 5.92 Å². The quantitative estimate of drug-likeness (QED) is 0.813. The highest BCUT2D eigenvalue weighted by atomic mass is 32.2. The van der Waals surface area contributed by atoms with Crippen molar-refractivity contribution < 1.29 is 13.2 Å². The monoisotopic (exact) mass is 419 g/mol. The number of thiazole rings is 1. The highest BCUT2D eigenvalue weighted by Crippen LogP contribution is 2.37. The zero-order valence-electron chi connectivity index (χ0n) is 15.9. The molecule has 28 heavy (non-hydrogen) atoms. The van der Waals surface area contributed by atoms with Gasteiger partial charge in [-0.15, -0.1) is 11.3 Å². The van der Waals surface area contributed by atoms with Crippen LogP contribution in [-0.4, -0.2) is 43.1 Å². The molecule has 1 aliphatic heterocycles. The Morgan fingerprint density at radius 3 is 2.75 bits per heavy atom. The molecule has 1 aromatic carbocycles. The Morgan fingerprint density at radius 1 is 1.18 bits per heavy atom. The van der Waals surface area contributed by atoms with E-state index in [4.69, 9.17) is 0 Å². The van der Waals surface area contributed by atoms with Crippen LogP contribution in [0.4, 0.5) is 5.69 Å². The lowest BCUT2D eigenvalue weighted by atomic mass is 9.78. The van der Waals surface area contributed by atoms with E-state index in [0.29, 0.717) is 33.9 Å². The second-order valence-corrected chi connectivity index (χ2v) is 10.3. The van der Waals surface area contributed by atoms with Crippen molar-refractivity contribution in [1.29, 1.82) is 0 Å². The number of hydrogen-bond acceptors (Lipinski definition) is 5. The van der Waals surface area contributed by atoms with Crippen molar-refractivity contribution in [2.45, 2.75) is 44.6 Å². The Morgan fingerprint density at radius 2 is 1.93 bits per heavy atom. The lowest BCUT2D eigenvalue weighted by molar-refractivity contribution is 0.0386. The summed E-state index contributed by atoms with van der Waals surface area (Å²) in [4.78, 5) is 19.8. The van der Waals surface area contributed by atoms with Crippen LogP contribution in [0.3, 0.4) is 0 Å². The van der Waals surface area contributed by atoms with Crippen LogP contribution in [0.5, 0.6) is 0 Å². The van der Waals surface area contributed by atoms with Gasteiger partial charge in [0.2, 0.25) is 10.0 Å². The molecule has 0 spiro atoms. The molecule has 2 heterocycles. The molecule has 1 aromatic heterocycles. The average Bonchev–Trinajstić information content (AvgIpc) is 3.16. The Labute approximate surface area is 170 Å². The fraction of sp³-hybridized carbons (Fsp3) is 0.500. The van der Waals surface area contributed by atoms with Gasteiger partial charge in [0.1, 0.15) is 10.7 Å². The van der Waals surface area contributed by atoms with E-state index in [0.717, 1.165) is 25.6 Å². The number of benzene rings is 1. The zero-order chi connectivity index (χ0) is 19.7. The largest absolute Gasteiger partial charge is 0.334 e. The number of carbonyl (C=O) groups is 1. The van der Waals surface area contributed by atoms with Crippen molar-refractivity contribution in [1.82, 2.24) is 9.88 Å². The molecule has 0 radical (unpaired) electrons. The molecule has 0 bridgehead atoms. The summed E-state index contributed by atoms with van der Waals surface area (Å²) in [5.41, 5.74) is 1.62. The molecule has 1 amide bonds. The second kappa shape index (κ2) is 7.83. The van der Waals surface area contributed by atoms with E-state index in [2.05, 4.69) is 9.71 Å². The summed E-state index contributed by atoms with van der Waals surface area (Å²) < 4.78 is 25.8. The second-order valence-electron chi connectivity index (χ2n) is 7.71. The number of hydrogen-bond donors (Lipinski definition) is 1. The van der Waals surface area contributed by atoms with Gasteiger partial charge >= 0.3 is 0 Å². The maximum Gasteiger partial charge on any atom is 0.273 e. The number of para-hydroxylation sites is 1. The fourth-order valence-corrected chi connectivity index (χ4v) is 5.89. The number of piperidine rings is 1. The molecule has 4 rings (SSSR count). The maximum absolute atomic E-state index is 13.2. The van der Waals surface area contributed by atoms with E-state index in [1.54, 1.807) is 17.5 Å². The standard InChI is InChI=1S/C20H25N3O3S2/c1-28(25,26)22-16-10-4-3-9-15(16)19-21-17(13-27-19)20(24)23-12-6-8-14-7-2-5-11-18(14)23/h3-4,9-10,13-14,18,22H,2,5-8,11-12H2,1H3. The number of aromatic nitrogens is 1. The van der Waals surface area contributed by atoms with E-state index in [1.165, 1.54) is 37.0 Å². The minimum absolute atomic E-state index is 0.00709. The van der Waals surface area contributed by atoms with E-state index < -0.39 is 10.0 Å². The van der Waals surface area contributed by atoms with E-state index in [9.17, 15) is 13.2 Å². The molecular weight excluding hydrogens is 394 g/mol. The minimum Gasteiger partial charge on any atom is -0.334 e. The van der Waals surface area contributed by atoms with Crippen LogP contribution in [0.15, 0.2) is 29.6 Å². The van der Waals surface area contributed by atoms with Crippen molar-refractivity contribution in [3.8, 4) is 10.6 Å². The first kappa shape index (κ1) is 19.4. The number of nitrogens with zero attached hydrogens (tertiary/aromatic N) is 2. The summed E-state index contributed by atoms with van der Waals surface area (Å²) in [6.07, 6.45) is 8.19. The van der Waals surface area contributed by atoms with Crippen molar-refractivity contribution >= 4 is 33.0 Å². The third-order valence-electron chi connectivity index (χ3n) is 5.68. The summed E-state index contributed by atoms with van der Waals surface area (Å²) in [6, 6.07) is 7.48. The summed E-state index contributed by atoms with van der Waals surface area (Å²) in [6.45, 7) is 0.805. The van der Waals surface area contributed by atoms with E-state index in [-0.39, 0.29) is 5.91 Å². The smallest absolute Gasteiger partial charge is 0.273 e. The van der Waals surface area contributed by atoms with Gasteiger partial charge in [0.05, 0.1) is 11.9 Å². The number of anilines is 1. The minimum atomic E-state index is -3.40. The molecule has 150 valence electrons. The number of nitrogens with one attached hydrogen (secondary N) is 1. The summed E-state index contributed by atoms with van der Waals surface area (Å²) >= 11 is 1.37. The first-order valence-electron chi connectivity index (χ1n) is 9.76. The number of sulfonamides is 1. The highest BCUT2D eigenvalue weighted by molar-refractivity contribution is 7.92. The third-order valence-corrected chi connectivity index (χ3v) is 7.15. The lowest BCUT2D eigenvalue weighted by Gasteiger charge is -2.43. The van der Waals surface area contributed by atoms with Crippen LogP contribution in [0.2, 0.25) is 0 Å². The van der Waals surface area contributed by atoms with Crippen LogP contribution >= 0.6 is 11.3 Å². The predicted molar refractivity (Wildman–Crippen MR) is 112 cm³/mol. The van der Waals surface area contributed by atoms with Crippen molar-refractivity contribution in [2.75, 3.05) is 17.5 Å². The van der Waals surface area contributed by atoms with Crippen LogP contribution in [0.25, 0.3) is 10.6 Å². The fourth-order valence-electron chi connectivity index (χ4n) is 4.48. The molecule has 2 aromatic rings. The van der Waals surface area contributed by atoms with Gasteiger partial charge < -0.3 is 4.90 Å². The van der Waals surface area contributed by atoms with E-state index in [1.807, 2.05) is 17.0 Å². The van der Waals surface area contributed by atoms with Gasteiger partial charge in [-0.2, -0.15) is 0 Å². The molecule has 2 aliphatic rings. The molecule has 1 saturated heterocycles. The van der Waals surface area contributed by atoms with Crippen LogP contribution < -0.4 is 4.72 Å². The molecule has 8 heteroatoms. The first-order valence-corrected chi connectivity index (χ1v) is 12.5. The lowest BCUT2D eigenvalue weighted by Crippen LogP contribution is -2.49. The summed E-state index contributed by atoms with van der Waals surface area (Å²) in [7, 11) is -3.40. The van der Waals surface area contributed by atoms with Gasteiger partial charge in [-0.05, 0) is 43.7 Å². The van der Waals surface area contributed by atoms with Crippen LogP contribution in [0.1, 0.15) is 49.0 Å². The first-order chi connectivity index (χ1) is 13.4. The molecule has 1 N–H and O–H groups in total. The molecule has 2 fully saturated rings. The normalized spacial score (nSPS) is 22.5. The Kier molecular flexibility index (Phi) is 5.42. The molecule has 1 aliphatic carbocycles. The van der Waals surface area contributed by atoms with Gasteiger partial charge in [-0.3, -0.25) is 9.52 Å². The van der Waals surface area contributed by atoms with Gasteiger partial charge in [0, 0.05) is 23.5 Å². The van der Waals surface area contributed by atoms with Crippen molar-refractivity contribution in [3.63, 3.8) is 0 Å². The molecule has 1 saturated carbocycles. The van der Waals surface area contributed by atoms with Crippen molar-refractivity contribution in [2.24, 2.45) is 5.92 Å².